The van der Waals surface area contributed by atoms with Gasteiger partial charge in [-0.1, -0.05) is 6.07 Å². The molecule has 0 aliphatic heterocycles. The molecule has 0 spiro atoms. The molecule has 0 atom stereocenters. The first-order chi connectivity index (χ1) is 5.83. The second kappa shape index (κ2) is 2.87. The van der Waals surface area contributed by atoms with Crippen molar-refractivity contribution in [3.05, 3.63) is 34.6 Å². The molecule has 12 heavy (non-hydrogen) atoms. The third kappa shape index (κ3) is 1.03. The van der Waals surface area contributed by atoms with Crippen LogP contribution in [0.2, 0.25) is 0 Å². The molecular weight excluding hydrogens is 155 g/mol. The van der Waals surface area contributed by atoms with Gasteiger partial charge in [0.2, 0.25) is 0 Å². The largest absolute Gasteiger partial charge is 0.392 e. The summed E-state index contributed by atoms with van der Waals surface area (Å²) in [5.74, 6) is -0.111. The molecule has 0 radical (unpaired) electrons. The summed E-state index contributed by atoms with van der Waals surface area (Å²) in [5, 5.41) is 8.97. The summed E-state index contributed by atoms with van der Waals surface area (Å²) < 4.78 is 13.1. The van der Waals surface area contributed by atoms with Crippen molar-refractivity contribution in [2.75, 3.05) is 0 Å². The quantitative estimate of drug-likeness (QED) is 0.674. The first-order valence-corrected chi connectivity index (χ1v) is 4.23. The maximum atomic E-state index is 13.1. The highest BCUT2D eigenvalue weighted by molar-refractivity contribution is 5.39. The van der Waals surface area contributed by atoms with Crippen molar-refractivity contribution in [3.63, 3.8) is 0 Å². The van der Waals surface area contributed by atoms with Gasteiger partial charge in [0.1, 0.15) is 5.82 Å². The van der Waals surface area contributed by atoms with Crippen LogP contribution in [0, 0.1) is 5.82 Å². The van der Waals surface area contributed by atoms with Gasteiger partial charge in [-0.05, 0) is 42.0 Å². The van der Waals surface area contributed by atoms with Crippen LogP contribution >= 0.6 is 0 Å². The van der Waals surface area contributed by atoms with Crippen LogP contribution in [-0.4, -0.2) is 5.11 Å². The van der Waals surface area contributed by atoms with Gasteiger partial charge in [-0.25, -0.2) is 4.39 Å². The van der Waals surface area contributed by atoms with Crippen molar-refractivity contribution in [2.24, 2.45) is 0 Å². The fourth-order valence-corrected chi connectivity index (χ4v) is 1.88. The summed E-state index contributed by atoms with van der Waals surface area (Å²) in [5.41, 5.74) is 2.75. The summed E-state index contributed by atoms with van der Waals surface area (Å²) in [6, 6.07) is 3.13. The molecular formula is C10H11FO. The van der Waals surface area contributed by atoms with E-state index in [0.29, 0.717) is 0 Å². The third-order valence-electron chi connectivity index (χ3n) is 2.49. The maximum absolute atomic E-state index is 13.1. The monoisotopic (exact) mass is 166 g/mol. The number of halogens is 1. The number of rotatable bonds is 1. The number of hydrogen-bond donors (Lipinski definition) is 1. The van der Waals surface area contributed by atoms with Gasteiger partial charge >= 0.3 is 0 Å². The van der Waals surface area contributed by atoms with Gasteiger partial charge in [0, 0.05) is 0 Å². The van der Waals surface area contributed by atoms with E-state index in [-0.39, 0.29) is 12.4 Å². The third-order valence-corrected chi connectivity index (χ3v) is 2.49. The van der Waals surface area contributed by atoms with E-state index in [2.05, 4.69) is 0 Å². The zero-order valence-corrected chi connectivity index (χ0v) is 6.81. The van der Waals surface area contributed by atoms with Crippen molar-refractivity contribution in [1.29, 1.82) is 0 Å². The van der Waals surface area contributed by atoms with Crippen LogP contribution in [0.1, 0.15) is 23.1 Å². The molecule has 1 N–H and O–H groups in total. The molecule has 0 bridgehead atoms. The zero-order valence-electron chi connectivity index (χ0n) is 6.81. The lowest BCUT2D eigenvalue weighted by Gasteiger charge is -2.05. The Hall–Kier alpha value is -0.890. The molecule has 2 rings (SSSR count). The number of aliphatic hydroxyl groups is 1. The molecule has 0 saturated carbocycles. The molecule has 1 aromatic carbocycles. The van der Waals surface area contributed by atoms with Crippen LogP contribution in [-0.2, 0) is 19.4 Å². The van der Waals surface area contributed by atoms with Crippen molar-refractivity contribution in [2.45, 2.75) is 25.9 Å². The summed E-state index contributed by atoms with van der Waals surface area (Å²) in [4.78, 5) is 0. The van der Waals surface area contributed by atoms with Crippen LogP contribution in [0.15, 0.2) is 12.1 Å². The Balaban J connectivity index is 2.57. The van der Waals surface area contributed by atoms with Crippen LogP contribution in [0.5, 0.6) is 0 Å². The molecule has 1 aliphatic carbocycles. The fourth-order valence-electron chi connectivity index (χ4n) is 1.88. The normalized spacial score (nSPS) is 14.8. The van der Waals surface area contributed by atoms with Crippen LogP contribution < -0.4 is 0 Å². The molecule has 0 heterocycles. The van der Waals surface area contributed by atoms with Gasteiger partial charge in [0.25, 0.3) is 0 Å². The highest BCUT2D eigenvalue weighted by Gasteiger charge is 2.17. The van der Waals surface area contributed by atoms with Gasteiger partial charge in [-0.2, -0.15) is 0 Å². The predicted molar refractivity (Wildman–Crippen MR) is 44.3 cm³/mol. The van der Waals surface area contributed by atoms with E-state index < -0.39 is 0 Å². The standard InChI is InChI=1S/C10H11FO/c11-10-5-4-7(6-12)8-2-1-3-9(8)10/h4-5,12H,1-3,6H2. The van der Waals surface area contributed by atoms with Crippen LogP contribution in [0.25, 0.3) is 0 Å². The van der Waals surface area contributed by atoms with Crippen LogP contribution in [0.3, 0.4) is 0 Å². The number of aliphatic hydroxyl groups excluding tert-OH is 1. The Kier molecular flexibility index (Phi) is 1.85. The molecule has 1 aliphatic rings. The highest BCUT2D eigenvalue weighted by Crippen LogP contribution is 2.27. The average molecular weight is 166 g/mol. The number of hydrogen-bond acceptors (Lipinski definition) is 1. The predicted octanol–water partition coefficient (Wildman–Crippen LogP) is 1.81. The second-order valence-electron chi connectivity index (χ2n) is 3.18. The van der Waals surface area contributed by atoms with Gasteiger partial charge in [0.15, 0.2) is 0 Å². The van der Waals surface area contributed by atoms with Crippen molar-refractivity contribution >= 4 is 0 Å². The zero-order chi connectivity index (χ0) is 8.55. The summed E-state index contributed by atoms with van der Waals surface area (Å²) >= 11 is 0. The molecule has 0 amide bonds. The van der Waals surface area contributed by atoms with E-state index in [9.17, 15) is 4.39 Å². The summed E-state index contributed by atoms with van der Waals surface area (Å²) in [7, 11) is 0. The van der Waals surface area contributed by atoms with E-state index in [1.165, 1.54) is 6.07 Å². The lowest BCUT2D eigenvalue weighted by atomic mass is 10.0. The Morgan fingerprint density at radius 3 is 2.75 bits per heavy atom. The van der Waals surface area contributed by atoms with E-state index >= 15 is 0 Å². The van der Waals surface area contributed by atoms with Crippen molar-refractivity contribution < 1.29 is 9.50 Å². The lowest BCUT2D eigenvalue weighted by molar-refractivity contribution is 0.280. The van der Waals surface area contributed by atoms with Gasteiger partial charge in [0.05, 0.1) is 6.61 Å². The molecule has 0 aromatic heterocycles. The van der Waals surface area contributed by atoms with E-state index in [1.807, 2.05) is 0 Å². The van der Waals surface area contributed by atoms with E-state index in [1.54, 1.807) is 6.07 Å². The van der Waals surface area contributed by atoms with Gasteiger partial charge in [-0.3, -0.25) is 0 Å². The average Bonchev–Trinajstić information content (AvgIpc) is 2.54. The summed E-state index contributed by atoms with van der Waals surface area (Å²) in [6.45, 7) is 0.0304. The number of benzene rings is 1. The Morgan fingerprint density at radius 1 is 1.25 bits per heavy atom. The maximum Gasteiger partial charge on any atom is 0.126 e. The smallest absolute Gasteiger partial charge is 0.126 e. The number of fused-ring (bicyclic) bond motifs is 1. The second-order valence-corrected chi connectivity index (χ2v) is 3.18. The van der Waals surface area contributed by atoms with Crippen molar-refractivity contribution in [3.8, 4) is 0 Å². The molecule has 1 aromatic rings. The first kappa shape index (κ1) is 7.74. The molecule has 0 saturated heterocycles. The van der Waals surface area contributed by atoms with Gasteiger partial charge < -0.3 is 5.11 Å². The molecule has 2 heteroatoms. The Labute approximate surface area is 70.8 Å². The minimum Gasteiger partial charge on any atom is -0.392 e. The van der Waals surface area contributed by atoms with Crippen molar-refractivity contribution in [1.82, 2.24) is 0 Å². The Morgan fingerprint density at radius 2 is 2.00 bits per heavy atom. The van der Waals surface area contributed by atoms with E-state index in [0.717, 1.165) is 36.0 Å². The van der Waals surface area contributed by atoms with E-state index in [4.69, 9.17) is 5.11 Å². The molecule has 0 unspecified atom stereocenters. The highest BCUT2D eigenvalue weighted by atomic mass is 19.1. The molecule has 64 valence electrons. The minimum absolute atomic E-state index is 0.0304. The topological polar surface area (TPSA) is 20.2 Å². The first-order valence-electron chi connectivity index (χ1n) is 4.23. The van der Waals surface area contributed by atoms with Gasteiger partial charge in [-0.15, -0.1) is 0 Å². The summed E-state index contributed by atoms with van der Waals surface area (Å²) in [6.07, 6.45) is 2.77. The lowest BCUT2D eigenvalue weighted by Crippen LogP contribution is -1.95. The van der Waals surface area contributed by atoms with Crippen LogP contribution in [0.4, 0.5) is 4.39 Å². The Bertz CT molecular complexity index is 307. The molecule has 1 nitrogen and oxygen atoms in total. The molecule has 0 fully saturated rings. The minimum atomic E-state index is -0.111. The fraction of sp³-hybridized carbons (Fsp3) is 0.400. The SMILES string of the molecule is OCc1ccc(F)c2c1CCC2.